The Bertz CT molecular complexity index is 1360. The number of furan rings is 1. The molecule has 2 N–H and O–H groups in total. The van der Waals surface area contributed by atoms with Gasteiger partial charge in [-0.2, -0.15) is 0 Å². The van der Waals surface area contributed by atoms with Gasteiger partial charge in [0.1, 0.15) is 22.5 Å². The van der Waals surface area contributed by atoms with Gasteiger partial charge in [-0.25, -0.2) is 4.98 Å². The van der Waals surface area contributed by atoms with Gasteiger partial charge in [0.05, 0.1) is 23.8 Å². The molecule has 4 aromatic heterocycles. The molecule has 0 aliphatic carbocycles. The van der Waals surface area contributed by atoms with Crippen LogP contribution in [0.15, 0.2) is 64.7 Å². The molecule has 0 aromatic carbocycles. The first-order valence-electron chi connectivity index (χ1n) is 9.02. The maximum atomic E-state index is 13.2. The van der Waals surface area contributed by atoms with Crippen molar-refractivity contribution in [1.29, 1.82) is 5.41 Å². The first-order chi connectivity index (χ1) is 14.0. The maximum absolute atomic E-state index is 13.2. The van der Waals surface area contributed by atoms with Crippen LogP contribution in [0.5, 0.6) is 0 Å². The van der Waals surface area contributed by atoms with Gasteiger partial charge in [-0.15, -0.1) is 6.58 Å². The molecule has 0 fully saturated rings. The van der Waals surface area contributed by atoms with E-state index >= 15 is 0 Å². The lowest BCUT2D eigenvalue weighted by Crippen LogP contribution is -2.35. The van der Waals surface area contributed by atoms with Crippen LogP contribution in [-0.4, -0.2) is 26.4 Å². The maximum Gasteiger partial charge on any atom is 0.267 e. The van der Waals surface area contributed by atoms with Gasteiger partial charge >= 0.3 is 0 Å². The molecule has 0 saturated heterocycles. The van der Waals surface area contributed by atoms with Crippen molar-refractivity contribution < 1.29 is 9.21 Å². The first-order valence-corrected chi connectivity index (χ1v) is 9.02. The summed E-state index contributed by atoms with van der Waals surface area (Å²) in [6, 6.07) is 8.55. The number of hydrogen-bond donors (Lipinski definition) is 2. The molecule has 146 valence electrons. The molecule has 8 nitrogen and oxygen atoms in total. The van der Waals surface area contributed by atoms with E-state index in [-0.39, 0.29) is 35.1 Å². The van der Waals surface area contributed by atoms with E-state index in [0.29, 0.717) is 17.1 Å². The summed E-state index contributed by atoms with van der Waals surface area (Å²) in [5, 5.41) is 11.5. The fraction of sp³-hybridized carbons (Fsp3) is 0.143. The molecule has 0 radical (unpaired) electrons. The average Bonchev–Trinajstić information content (AvgIpc) is 3.22. The largest absolute Gasteiger partial charge is 0.467 e. The van der Waals surface area contributed by atoms with E-state index in [1.165, 1.54) is 21.3 Å². The zero-order chi connectivity index (χ0) is 20.5. The summed E-state index contributed by atoms with van der Waals surface area (Å²) in [7, 11) is 0. The summed E-state index contributed by atoms with van der Waals surface area (Å²) in [5.74, 6) is 0.123. The van der Waals surface area contributed by atoms with Crippen molar-refractivity contribution in [3.63, 3.8) is 0 Å². The van der Waals surface area contributed by atoms with Crippen molar-refractivity contribution in [2.75, 3.05) is 6.54 Å². The highest BCUT2D eigenvalue weighted by atomic mass is 16.3. The Kier molecular flexibility index (Phi) is 4.59. The Labute approximate surface area is 165 Å². The highest BCUT2D eigenvalue weighted by molar-refractivity contribution is 5.96. The summed E-state index contributed by atoms with van der Waals surface area (Å²) < 4.78 is 8.37. The molecule has 29 heavy (non-hydrogen) atoms. The lowest BCUT2D eigenvalue weighted by atomic mass is 10.2. The average molecular weight is 389 g/mol. The number of pyridine rings is 2. The Morgan fingerprint density at radius 2 is 2.21 bits per heavy atom. The van der Waals surface area contributed by atoms with Crippen LogP contribution in [0.4, 0.5) is 0 Å². The summed E-state index contributed by atoms with van der Waals surface area (Å²) in [6.45, 7) is 5.88. The highest BCUT2D eigenvalue weighted by Crippen LogP contribution is 2.13. The number of carbonyl (C=O) groups excluding carboxylic acids is 1. The molecule has 0 aliphatic rings. The van der Waals surface area contributed by atoms with Gasteiger partial charge in [0, 0.05) is 12.7 Å². The molecule has 0 unspecified atom stereocenters. The number of aromatic nitrogens is 3. The molecule has 4 heterocycles. The minimum absolute atomic E-state index is 0.0566. The number of amides is 1. The summed E-state index contributed by atoms with van der Waals surface area (Å²) >= 11 is 0. The number of hydrogen-bond acceptors (Lipinski definition) is 5. The summed E-state index contributed by atoms with van der Waals surface area (Å²) in [4.78, 5) is 30.4. The molecule has 0 aliphatic heterocycles. The normalized spacial score (nSPS) is 11.1. The quantitative estimate of drug-likeness (QED) is 0.402. The van der Waals surface area contributed by atoms with Crippen LogP contribution in [0.25, 0.3) is 16.7 Å². The third-order valence-corrected chi connectivity index (χ3v) is 4.60. The van der Waals surface area contributed by atoms with Crippen LogP contribution in [0, 0.1) is 12.3 Å². The predicted molar refractivity (Wildman–Crippen MR) is 108 cm³/mol. The van der Waals surface area contributed by atoms with Crippen LogP contribution in [0.1, 0.15) is 21.7 Å². The van der Waals surface area contributed by atoms with Crippen molar-refractivity contribution in [2.24, 2.45) is 0 Å². The summed E-state index contributed by atoms with van der Waals surface area (Å²) in [5.41, 5.74) is 1.41. The third-order valence-electron chi connectivity index (χ3n) is 4.60. The van der Waals surface area contributed by atoms with E-state index in [1.807, 2.05) is 13.0 Å². The van der Waals surface area contributed by atoms with E-state index in [1.54, 1.807) is 30.5 Å². The Morgan fingerprint density at radius 3 is 2.93 bits per heavy atom. The monoisotopic (exact) mass is 389 g/mol. The molecule has 1 amide bonds. The van der Waals surface area contributed by atoms with Crippen LogP contribution < -0.4 is 16.4 Å². The van der Waals surface area contributed by atoms with Gasteiger partial charge in [-0.1, -0.05) is 12.1 Å². The van der Waals surface area contributed by atoms with E-state index in [9.17, 15) is 9.59 Å². The second kappa shape index (κ2) is 7.23. The molecule has 0 spiro atoms. The van der Waals surface area contributed by atoms with Gasteiger partial charge in [0.2, 0.25) is 0 Å². The standard InChI is InChI=1S/C21H19N5O3/c1-3-8-23-20(27)15-10-16-19(26(18(15)22)12-14-5-4-9-29-14)24-17-7-6-13(2)11-25(17)21(16)28/h3-7,9-11,22H,1,8,12H2,2H3,(H,23,27). The van der Waals surface area contributed by atoms with Gasteiger partial charge in [-0.05, 0) is 36.8 Å². The van der Waals surface area contributed by atoms with Crippen LogP contribution >= 0.6 is 0 Å². The second-order valence-corrected chi connectivity index (χ2v) is 6.66. The summed E-state index contributed by atoms with van der Waals surface area (Å²) in [6.07, 6.45) is 4.78. The lowest BCUT2D eigenvalue weighted by molar-refractivity contribution is 0.0955. The predicted octanol–water partition coefficient (Wildman–Crippen LogP) is 1.99. The Hall–Kier alpha value is -3.94. The number of fused-ring (bicyclic) bond motifs is 2. The zero-order valence-corrected chi connectivity index (χ0v) is 15.8. The van der Waals surface area contributed by atoms with Crippen LogP contribution in [0.2, 0.25) is 0 Å². The lowest BCUT2D eigenvalue weighted by Gasteiger charge is -2.14. The number of carbonyl (C=O) groups is 1. The van der Waals surface area contributed by atoms with E-state index in [0.717, 1.165) is 5.56 Å². The minimum atomic E-state index is -0.460. The van der Waals surface area contributed by atoms with Gasteiger partial charge < -0.3 is 14.3 Å². The van der Waals surface area contributed by atoms with Gasteiger partial charge in [-0.3, -0.25) is 19.4 Å². The van der Waals surface area contributed by atoms with Gasteiger partial charge in [0.15, 0.2) is 0 Å². The fourth-order valence-corrected chi connectivity index (χ4v) is 3.19. The highest BCUT2D eigenvalue weighted by Gasteiger charge is 2.18. The molecule has 4 aromatic rings. The minimum Gasteiger partial charge on any atom is -0.467 e. The van der Waals surface area contributed by atoms with Crippen LogP contribution in [-0.2, 0) is 6.54 Å². The molecule has 0 atom stereocenters. The zero-order valence-electron chi connectivity index (χ0n) is 15.8. The fourth-order valence-electron chi connectivity index (χ4n) is 3.19. The van der Waals surface area contributed by atoms with Crippen molar-refractivity contribution in [1.82, 2.24) is 19.3 Å². The molecule has 4 rings (SSSR count). The number of rotatable bonds is 5. The second-order valence-electron chi connectivity index (χ2n) is 6.66. The topological polar surface area (TPSA) is 105 Å². The number of nitrogens with zero attached hydrogens (tertiary/aromatic N) is 3. The van der Waals surface area contributed by atoms with E-state index < -0.39 is 5.91 Å². The molecular weight excluding hydrogens is 370 g/mol. The van der Waals surface area contributed by atoms with Crippen molar-refractivity contribution in [3.05, 3.63) is 88.2 Å². The molecule has 0 bridgehead atoms. The molecular formula is C21H19N5O3. The number of aryl methyl sites for hydroxylation is 1. The van der Waals surface area contributed by atoms with Crippen molar-refractivity contribution >= 4 is 22.6 Å². The number of nitrogens with one attached hydrogen (secondary N) is 2. The SMILES string of the molecule is C=CCNC(=O)c1cc2c(=O)n3cc(C)ccc3nc2n(Cc2ccco2)c1=N. The Balaban J connectivity index is 2.06. The van der Waals surface area contributed by atoms with Gasteiger partial charge in [0.25, 0.3) is 11.5 Å². The molecule has 8 heteroatoms. The third kappa shape index (κ3) is 3.25. The first kappa shape index (κ1) is 18.4. The Morgan fingerprint density at radius 1 is 1.38 bits per heavy atom. The smallest absolute Gasteiger partial charge is 0.267 e. The van der Waals surface area contributed by atoms with E-state index in [4.69, 9.17) is 9.83 Å². The van der Waals surface area contributed by atoms with E-state index in [2.05, 4.69) is 16.9 Å². The van der Waals surface area contributed by atoms with Crippen LogP contribution in [0.3, 0.4) is 0 Å². The molecule has 0 saturated carbocycles. The van der Waals surface area contributed by atoms with Crippen molar-refractivity contribution in [3.8, 4) is 0 Å². The van der Waals surface area contributed by atoms with Crippen molar-refractivity contribution in [2.45, 2.75) is 13.5 Å².